The molecule has 0 aliphatic carbocycles. The summed E-state index contributed by atoms with van der Waals surface area (Å²) in [4.78, 5) is 14.3. The van der Waals surface area contributed by atoms with Crippen LogP contribution >= 0.6 is 0 Å². The van der Waals surface area contributed by atoms with Crippen LogP contribution in [-0.4, -0.2) is 49.7 Å². The smallest absolute Gasteiger partial charge is 0.225 e. The minimum Gasteiger partial charge on any atom is -0.378 e. The van der Waals surface area contributed by atoms with E-state index in [1.807, 2.05) is 7.05 Å². The van der Waals surface area contributed by atoms with E-state index in [1.54, 1.807) is 0 Å². The van der Waals surface area contributed by atoms with Crippen LogP contribution in [0, 0.1) is 0 Å². The molecule has 17 heavy (non-hydrogen) atoms. The number of rotatable bonds is 4. The van der Waals surface area contributed by atoms with Gasteiger partial charge in [0.15, 0.2) is 0 Å². The van der Waals surface area contributed by atoms with Gasteiger partial charge in [-0.05, 0) is 39.2 Å². The van der Waals surface area contributed by atoms with Crippen molar-refractivity contribution >= 4 is 5.91 Å². The number of amides is 1. The molecule has 98 valence electrons. The summed E-state index contributed by atoms with van der Waals surface area (Å²) in [6.07, 6.45) is 6.46. The molecule has 2 heterocycles. The number of likely N-dealkylation sites (N-methyl/N-ethyl adjacent to an activating group) is 1. The van der Waals surface area contributed by atoms with Crippen molar-refractivity contribution in [3.8, 4) is 0 Å². The van der Waals surface area contributed by atoms with Crippen molar-refractivity contribution in [3.63, 3.8) is 0 Å². The van der Waals surface area contributed by atoms with E-state index in [2.05, 4.69) is 10.2 Å². The van der Waals surface area contributed by atoms with E-state index in [0.717, 1.165) is 45.4 Å². The molecule has 2 saturated heterocycles. The zero-order chi connectivity index (χ0) is 12.1. The second kappa shape index (κ2) is 6.36. The summed E-state index contributed by atoms with van der Waals surface area (Å²) in [5, 5.41) is 3.19. The molecule has 0 aromatic rings. The second-order valence-electron chi connectivity index (χ2n) is 5.13. The molecule has 0 spiro atoms. The van der Waals surface area contributed by atoms with E-state index in [0.29, 0.717) is 12.5 Å². The molecule has 0 radical (unpaired) electrons. The van der Waals surface area contributed by atoms with Crippen molar-refractivity contribution in [1.29, 1.82) is 0 Å². The molecule has 0 bridgehead atoms. The quantitative estimate of drug-likeness (QED) is 0.801. The summed E-state index contributed by atoms with van der Waals surface area (Å²) in [6.45, 7) is 2.67. The highest BCUT2D eigenvalue weighted by molar-refractivity contribution is 5.77. The van der Waals surface area contributed by atoms with E-state index < -0.39 is 0 Å². The summed E-state index contributed by atoms with van der Waals surface area (Å²) in [6, 6.07) is 0.391. The van der Waals surface area contributed by atoms with Crippen LogP contribution in [-0.2, 0) is 9.53 Å². The molecule has 2 unspecified atom stereocenters. The minimum atomic E-state index is 0.180. The number of nitrogens with one attached hydrogen (secondary N) is 1. The normalized spacial score (nSPS) is 29.6. The first-order valence-corrected chi connectivity index (χ1v) is 6.87. The van der Waals surface area contributed by atoms with Gasteiger partial charge in [0.1, 0.15) is 0 Å². The van der Waals surface area contributed by atoms with Crippen molar-refractivity contribution in [2.45, 2.75) is 50.7 Å². The number of hydrogen-bond acceptors (Lipinski definition) is 3. The monoisotopic (exact) mass is 240 g/mol. The molecule has 0 aromatic carbocycles. The third-order valence-electron chi connectivity index (χ3n) is 3.81. The van der Waals surface area contributed by atoms with Gasteiger partial charge >= 0.3 is 0 Å². The Morgan fingerprint density at radius 1 is 1.35 bits per heavy atom. The number of hydrogen-bond donors (Lipinski definition) is 1. The van der Waals surface area contributed by atoms with Gasteiger partial charge in [-0.25, -0.2) is 0 Å². The Bertz CT molecular complexity index is 250. The standard InChI is InChI=1S/C13H24N2O2/c1-14-10-11-5-2-3-7-15(11)13(16)9-12-6-4-8-17-12/h11-12,14H,2-10H2,1H3. The van der Waals surface area contributed by atoms with Gasteiger partial charge in [-0.1, -0.05) is 0 Å². The summed E-state index contributed by atoms with van der Waals surface area (Å²) in [5.41, 5.74) is 0. The Morgan fingerprint density at radius 3 is 2.94 bits per heavy atom. The van der Waals surface area contributed by atoms with E-state index in [1.165, 1.54) is 6.42 Å². The average Bonchev–Trinajstić information content (AvgIpc) is 2.83. The fourth-order valence-electron chi connectivity index (χ4n) is 2.89. The van der Waals surface area contributed by atoms with Gasteiger partial charge < -0.3 is 15.0 Å². The van der Waals surface area contributed by atoms with Crippen LogP contribution in [0.25, 0.3) is 0 Å². The van der Waals surface area contributed by atoms with Crippen molar-refractivity contribution in [2.75, 3.05) is 26.7 Å². The van der Waals surface area contributed by atoms with Gasteiger partial charge in [0.2, 0.25) is 5.91 Å². The third-order valence-corrected chi connectivity index (χ3v) is 3.81. The molecule has 1 N–H and O–H groups in total. The average molecular weight is 240 g/mol. The summed E-state index contributed by atoms with van der Waals surface area (Å²) < 4.78 is 5.55. The fraction of sp³-hybridized carbons (Fsp3) is 0.923. The van der Waals surface area contributed by atoms with Gasteiger partial charge in [0.05, 0.1) is 12.5 Å². The summed E-state index contributed by atoms with van der Waals surface area (Å²) in [7, 11) is 1.96. The Kier molecular flexibility index (Phi) is 4.80. The van der Waals surface area contributed by atoms with Gasteiger partial charge in [-0.2, -0.15) is 0 Å². The van der Waals surface area contributed by atoms with Crippen molar-refractivity contribution < 1.29 is 9.53 Å². The molecular weight excluding hydrogens is 216 g/mol. The maximum Gasteiger partial charge on any atom is 0.225 e. The van der Waals surface area contributed by atoms with Crippen LogP contribution in [0.2, 0.25) is 0 Å². The molecule has 4 heteroatoms. The highest BCUT2D eigenvalue weighted by Gasteiger charge is 2.28. The number of piperidine rings is 1. The van der Waals surface area contributed by atoms with Crippen LogP contribution in [0.4, 0.5) is 0 Å². The Morgan fingerprint density at radius 2 is 2.24 bits per heavy atom. The maximum atomic E-state index is 12.3. The molecular formula is C13H24N2O2. The summed E-state index contributed by atoms with van der Waals surface area (Å²) >= 11 is 0. The molecule has 2 aliphatic rings. The largest absolute Gasteiger partial charge is 0.378 e. The molecule has 2 aliphatic heterocycles. The van der Waals surface area contributed by atoms with Crippen LogP contribution in [0.1, 0.15) is 38.5 Å². The van der Waals surface area contributed by atoms with E-state index in [9.17, 15) is 4.79 Å². The minimum absolute atomic E-state index is 0.180. The van der Waals surface area contributed by atoms with Crippen LogP contribution in [0.5, 0.6) is 0 Å². The van der Waals surface area contributed by atoms with Crippen molar-refractivity contribution in [3.05, 3.63) is 0 Å². The zero-order valence-electron chi connectivity index (χ0n) is 10.8. The van der Waals surface area contributed by atoms with Gasteiger partial charge in [-0.15, -0.1) is 0 Å². The number of carbonyl (C=O) groups is 1. The molecule has 2 rings (SSSR count). The Hall–Kier alpha value is -0.610. The van der Waals surface area contributed by atoms with E-state index >= 15 is 0 Å². The van der Waals surface area contributed by atoms with Gasteiger partial charge in [-0.3, -0.25) is 4.79 Å². The number of ether oxygens (including phenoxy) is 1. The Balaban J connectivity index is 1.86. The van der Waals surface area contributed by atoms with Gasteiger partial charge in [0.25, 0.3) is 0 Å². The Labute approximate surface area is 104 Å². The SMILES string of the molecule is CNCC1CCCCN1C(=O)CC1CCCO1. The molecule has 1 amide bonds. The lowest BCUT2D eigenvalue weighted by molar-refractivity contribution is -0.137. The molecule has 0 saturated carbocycles. The maximum absolute atomic E-state index is 12.3. The second-order valence-corrected chi connectivity index (χ2v) is 5.13. The summed E-state index contributed by atoms with van der Waals surface area (Å²) in [5.74, 6) is 0.289. The first kappa shape index (κ1) is 12.8. The zero-order valence-corrected chi connectivity index (χ0v) is 10.8. The lowest BCUT2D eigenvalue weighted by Gasteiger charge is -2.36. The van der Waals surface area contributed by atoms with Crippen molar-refractivity contribution in [1.82, 2.24) is 10.2 Å². The molecule has 0 aromatic heterocycles. The van der Waals surface area contributed by atoms with Crippen LogP contribution in [0.3, 0.4) is 0 Å². The van der Waals surface area contributed by atoms with Crippen LogP contribution in [0.15, 0.2) is 0 Å². The lowest BCUT2D eigenvalue weighted by atomic mass is 10.0. The number of nitrogens with zero attached hydrogens (tertiary/aromatic N) is 1. The highest BCUT2D eigenvalue weighted by atomic mass is 16.5. The topological polar surface area (TPSA) is 41.6 Å². The third kappa shape index (κ3) is 3.42. The predicted octanol–water partition coefficient (Wildman–Crippen LogP) is 1.16. The first-order valence-electron chi connectivity index (χ1n) is 6.87. The first-order chi connectivity index (χ1) is 8.31. The van der Waals surface area contributed by atoms with Crippen molar-refractivity contribution in [2.24, 2.45) is 0 Å². The fourth-order valence-corrected chi connectivity index (χ4v) is 2.89. The number of likely N-dealkylation sites (tertiary alicyclic amines) is 1. The molecule has 4 nitrogen and oxygen atoms in total. The van der Waals surface area contributed by atoms with E-state index in [-0.39, 0.29) is 12.0 Å². The van der Waals surface area contributed by atoms with Crippen LogP contribution < -0.4 is 5.32 Å². The highest BCUT2D eigenvalue weighted by Crippen LogP contribution is 2.21. The molecule has 2 atom stereocenters. The number of carbonyl (C=O) groups excluding carboxylic acids is 1. The predicted molar refractivity (Wildman–Crippen MR) is 66.9 cm³/mol. The molecule has 2 fully saturated rings. The van der Waals surface area contributed by atoms with E-state index in [4.69, 9.17) is 4.74 Å². The lowest BCUT2D eigenvalue weighted by Crippen LogP contribution is -2.48. The van der Waals surface area contributed by atoms with Gasteiger partial charge in [0, 0.05) is 25.7 Å².